The fourth-order valence-corrected chi connectivity index (χ4v) is 1.41. The number of ether oxygens (including phenoxy) is 3. The Labute approximate surface area is 110 Å². The Balaban J connectivity index is 2.36. The van der Waals surface area contributed by atoms with Crippen molar-refractivity contribution in [1.29, 1.82) is 0 Å². The number of hydrogen-bond acceptors (Lipinski definition) is 4. The van der Waals surface area contributed by atoms with Gasteiger partial charge in [0.1, 0.15) is 23.7 Å². The summed E-state index contributed by atoms with van der Waals surface area (Å²) < 4.78 is 28.3. The van der Waals surface area contributed by atoms with Gasteiger partial charge in [0, 0.05) is 26.4 Å². The average Bonchev–Trinajstić information content (AvgIpc) is 2.37. The van der Waals surface area contributed by atoms with Crippen LogP contribution in [0, 0.1) is 5.82 Å². The Kier molecular flexibility index (Phi) is 6.84. The van der Waals surface area contributed by atoms with Crippen LogP contribution in [0.3, 0.4) is 0 Å². The smallest absolute Gasteiger partial charge is 0.339 e. The van der Waals surface area contributed by atoms with E-state index in [1.165, 1.54) is 6.07 Å². The molecular formula is C13H17FO5. The van der Waals surface area contributed by atoms with Crippen molar-refractivity contribution >= 4 is 5.97 Å². The molecule has 1 aromatic rings. The van der Waals surface area contributed by atoms with Crippen molar-refractivity contribution in [3.05, 3.63) is 29.6 Å². The van der Waals surface area contributed by atoms with Gasteiger partial charge in [0.25, 0.3) is 0 Å². The van der Waals surface area contributed by atoms with Crippen LogP contribution in [0.15, 0.2) is 18.2 Å². The highest BCUT2D eigenvalue weighted by atomic mass is 19.1. The number of aromatic carboxylic acids is 1. The van der Waals surface area contributed by atoms with E-state index in [-0.39, 0.29) is 17.9 Å². The molecule has 0 heterocycles. The molecule has 0 radical (unpaired) electrons. The first-order chi connectivity index (χ1) is 9.15. The van der Waals surface area contributed by atoms with Gasteiger partial charge >= 0.3 is 5.97 Å². The van der Waals surface area contributed by atoms with Crippen LogP contribution in [0.1, 0.15) is 16.8 Å². The molecule has 0 aliphatic carbocycles. The molecule has 0 unspecified atom stereocenters. The topological polar surface area (TPSA) is 65.0 Å². The number of rotatable bonds is 9. The van der Waals surface area contributed by atoms with Gasteiger partial charge in [0.15, 0.2) is 0 Å². The maximum absolute atomic E-state index is 13.0. The third-order valence-electron chi connectivity index (χ3n) is 2.30. The lowest BCUT2D eigenvalue weighted by molar-refractivity contribution is 0.0677. The summed E-state index contributed by atoms with van der Waals surface area (Å²) in [5.41, 5.74) is -0.0687. The molecule has 0 fully saturated rings. The first-order valence-corrected chi connectivity index (χ1v) is 5.87. The maximum atomic E-state index is 13.0. The van der Waals surface area contributed by atoms with E-state index in [4.69, 9.17) is 19.3 Å². The molecule has 0 atom stereocenters. The van der Waals surface area contributed by atoms with Crippen LogP contribution in [-0.2, 0) is 9.47 Å². The van der Waals surface area contributed by atoms with E-state index in [1.54, 1.807) is 7.11 Å². The fraction of sp³-hybridized carbons (Fsp3) is 0.462. The van der Waals surface area contributed by atoms with Crippen LogP contribution < -0.4 is 4.74 Å². The summed E-state index contributed by atoms with van der Waals surface area (Å²) in [7, 11) is 1.61. The Morgan fingerprint density at radius 1 is 1.26 bits per heavy atom. The predicted octanol–water partition coefficient (Wildman–Crippen LogP) is 1.96. The first-order valence-electron chi connectivity index (χ1n) is 5.87. The van der Waals surface area contributed by atoms with E-state index in [0.29, 0.717) is 19.8 Å². The number of benzene rings is 1. The van der Waals surface area contributed by atoms with Gasteiger partial charge in [-0.2, -0.15) is 0 Å². The Morgan fingerprint density at radius 2 is 2.05 bits per heavy atom. The number of methoxy groups -OCH3 is 1. The lowest BCUT2D eigenvalue weighted by atomic mass is 10.2. The molecule has 1 N–H and O–H groups in total. The highest BCUT2D eigenvalue weighted by Crippen LogP contribution is 2.19. The summed E-state index contributed by atoms with van der Waals surface area (Å²) in [4.78, 5) is 10.9. The van der Waals surface area contributed by atoms with Gasteiger partial charge in [-0.3, -0.25) is 0 Å². The van der Waals surface area contributed by atoms with Gasteiger partial charge in [0.2, 0.25) is 0 Å². The lowest BCUT2D eigenvalue weighted by Crippen LogP contribution is -2.11. The highest BCUT2D eigenvalue weighted by Gasteiger charge is 2.12. The van der Waals surface area contributed by atoms with Crippen molar-refractivity contribution in [3.8, 4) is 5.75 Å². The van der Waals surface area contributed by atoms with Gasteiger partial charge in [-0.15, -0.1) is 0 Å². The largest absolute Gasteiger partial charge is 0.490 e. The van der Waals surface area contributed by atoms with Crippen LogP contribution in [0.5, 0.6) is 5.75 Å². The minimum absolute atomic E-state index is 0.00740. The molecule has 0 saturated heterocycles. The van der Waals surface area contributed by atoms with Crippen LogP contribution in [0.2, 0.25) is 0 Å². The van der Waals surface area contributed by atoms with E-state index in [1.807, 2.05) is 0 Å². The van der Waals surface area contributed by atoms with Crippen LogP contribution in [-0.4, -0.2) is 44.6 Å². The van der Waals surface area contributed by atoms with E-state index in [9.17, 15) is 9.18 Å². The number of halogens is 1. The van der Waals surface area contributed by atoms with Crippen molar-refractivity contribution in [2.75, 3.05) is 33.5 Å². The Bertz CT molecular complexity index is 408. The minimum Gasteiger partial charge on any atom is -0.490 e. The number of carbonyl (C=O) groups is 1. The normalized spacial score (nSPS) is 10.4. The summed E-state index contributed by atoms with van der Waals surface area (Å²) >= 11 is 0. The van der Waals surface area contributed by atoms with Crippen molar-refractivity contribution in [3.63, 3.8) is 0 Å². The number of carboxylic acids is 1. The summed E-state index contributed by atoms with van der Waals surface area (Å²) in [6.07, 6.45) is 0.775. The Hall–Kier alpha value is -1.66. The van der Waals surface area contributed by atoms with Gasteiger partial charge < -0.3 is 19.3 Å². The molecule has 0 bridgehead atoms. The molecular weight excluding hydrogens is 255 g/mol. The second kappa shape index (κ2) is 8.44. The van der Waals surface area contributed by atoms with Crippen LogP contribution >= 0.6 is 0 Å². The molecule has 0 amide bonds. The van der Waals surface area contributed by atoms with Gasteiger partial charge in [0.05, 0.1) is 6.61 Å². The SMILES string of the molecule is COCCCOCCOc1cc(F)ccc1C(=O)O. The van der Waals surface area contributed by atoms with Crippen LogP contribution in [0.4, 0.5) is 4.39 Å². The monoisotopic (exact) mass is 272 g/mol. The zero-order chi connectivity index (χ0) is 14.1. The van der Waals surface area contributed by atoms with E-state index in [2.05, 4.69) is 0 Å². The van der Waals surface area contributed by atoms with Gasteiger partial charge in [-0.1, -0.05) is 0 Å². The number of hydrogen-bond donors (Lipinski definition) is 1. The van der Waals surface area contributed by atoms with Crippen molar-refractivity contribution < 1.29 is 28.5 Å². The first kappa shape index (κ1) is 15.4. The summed E-state index contributed by atoms with van der Waals surface area (Å²) in [6.45, 7) is 1.62. The second-order valence-electron chi connectivity index (χ2n) is 3.75. The molecule has 1 rings (SSSR count). The molecule has 0 saturated carbocycles. The summed E-state index contributed by atoms with van der Waals surface area (Å²) in [5.74, 6) is -1.69. The van der Waals surface area contributed by atoms with Crippen molar-refractivity contribution in [2.45, 2.75) is 6.42 Å². The maximum Gasteiger partial charge on any atom is 0.339 e. The van der Waals surface area contributed by atoms with Crippen LogP contribution in [0.25, 0.3) is 0 Å². The van der Waals surface area contributed by atoms with E-state index >= 15 is 0 Å². The Morgan fingerprint density at radius 3 is 2.74 bits per heavy atom. The number of carboxylic acid groups (broad SMARTS) is 1. The zero-order valence-corrected chi connectivity index (χ0v) is 10.7. The molecule has 5 nitrogen and oxygen atoms in total. The lowest BCUT2D eigenvalue weighted by Gasteiger charge is -2.09. The molecule has 0 aliphatic rings. The third-order valence-corrected chi connectivity index (χ3v) is 2.30. The quantitative estimate of drug-likeness (QED) is 0.696. The molecule has 1 aromatic carbocycles. The zero-order valence-electron chi connectivity index (χ0n) is 10.7. The highest BCUT2D eigenvalue weighted by molar-refractivity contribution is 5.90. The van der Waals surface area contributed by atoms with Gasteiger partial charge in [-0.25, -0.2) is 9.18 Å². The van der Waals surface area contributed by atoms with Gasteiger partial charge in [-0.05, 0) is 18.6 Å². The molecule has 0 aromatic heterocycles. The second-order valence-corrected chi connectivity index (χ2v) is 3.75. The molecule has 0 aliphatic heterocycles. The van der Waals surface area contributed by atoms with Crippen molar-refractivity contribution in [2.24, 2.45) is 0 Å². The molecule has 6 heteroatoms. The standard InChI is InChI=1S/C13H17FO5/c1-17-5-2-6-18-7-8-19-12-9-10(14)3-4-11(12)13(15)16/h3-4,9H,2,5-8H2,1H3,(H,15,16). The van der Waals surface area contributed by atoms with E-state index in [0.717, 1.165) is 18.6 Å². The minimum atomic E-state index is -1.16. The molecule has 0 spiro atoms. The predicted molar refractivity (Wildman–Crippen MR) is 66.2 cm³/mol. The van der Waals surface area contributed by atoms with E-state index < -0.39 is 11.8 Å². The third kappa shape index (κ3) is 5.67. The van der Waals surface area contributed by atoms with Crippen molar-refractivity contribution in [1.82, 2.24) is 0 Å². The average molecular weight is 272 g/mol. The summed E-state index contributed by atoms with van der Waals surface area (Å²) in [5, 5.41) is 8.91. The molecule has 19 heavy (non-hydrogen) atoms. The molecule has 106 valence electrons. The fourth-order valence-electron chi connectivity index (χ4n) is 1.41. The summed E-state index contributed by atoms with van der Waals surface area (Å²) in [6, 6.07) is 3.30.